The number of esters is 1. The summed E-state index contributed by atoms with van der Waals surface area (Å²) in [4.78, 5) is 26.5. The molecular weight excluding hydrogens is 314 g/mol. The molecule has 0 atom stereocenters. The van der Waals surface area contributed by atoms with Crippen molar-refractivity contribution in [2.75, 3.05) is 18.1 Å². The molecule has 0 aromatic heterocycles. The molecule has 0 aliphatic heterocycles. The van der Waals surface area contributed by atoms with Crippen molar-refractivity contribution in [3.63, 3.8) is 0 Å². The first-order chi connectivity index (χ1) is 11.1. The van der Waals surface area contributed by atoms with E-state index < -0.39 is 5.97 Å². The maximum Gasteiger partial charge on any atom is 0.340 e. The van der Waals surface area contributed by atoms with Gasteiger partial charge in [-0.15, -0.1) is 0 Å². The lowest BCUT2D eigenvalue weighted by Crippen LogP contribution is -2.32. The van der Waals surface area contributed by atoms with Crippen molar-refractivity contribution >= 4 is 29.2 Å². The van der Waals surface area contributed by atoms with Crippen molar-refractivity contribution in [1.29, 1.82) is 0 Å². The van der Waals surface area contributed by atoms with Crippen LogP contribution < -0.4 is 4.90 Å². The van der Waals surface area contributed by atoms with Gasteiger partial charge in [-0.05, 0) is 38.1 Å². The summed E-state index contributed by atoms with van der Waals surface area (Å²) >= 11 is 6.12. The van der Waals surface area contributed by atoms with E-state index in [1.54, 1.807) is 55.5 Å². The number of halogens is 1. The van der Waals surface area contributed by atoms with Gasteiger partial charge in [0.1, 0.15) is 0 Å². The molecule has 0 spiro atoms. The minimum Gasteiger partial charge on any atom is -0.462 e. The summed E-state index contributed by atoms with van der Waals surface area (Å²) in [5.74, 6) is -0.705. The van der Waals surface area contributed by atoms with E-state index in [0.717, 1.165) is 0 Å². The average molecular weight is 332 g/mol. The van der Waals surface area contributed by atoms with E-state index in [1.807, 2.05) is 6.92 Å². The van der Waals surface area contributed by atoms with Crippen LogP contribution >= 0.6 is 11.6 Å². The average Bonchev–Trinajstić information content (AvgIpc) is 2.56. The largest absolute Gasteiger partial charge is 0.462 e. The van der Waals surface area contributed by atoms with Crippen LogP contribution in [0.25, 0.3) is 0 Å². The van der Waals surface area contributed by atoms with E-state index in [-0.39, 0.29) is 12.5 Å². The molecule has 0 fully saturated rings. The van der Waals surface area contributed by atoms with Gasteiger partial charge in [-0.1, -0.05) is 35.9 Å². The van der Waals surface area contributed by atoms with Crippen LogP contribution in [0.15, 0.2) is 48.5 Å². The van der Waals surface area contributed by atoms with Crippen molar-refractivity contribution in [1.82, 2.24) is 0 Å². The van der Waals surface area contributed by atoms with Crippen molar-refractivity contribution in [2.24, 2.45) is 0 Å². The number of ether oxygens (including phenoxy) is 1. The van der Waals surface area contributed by atoms with Crippen LogP contribution in [0.3, 0.4) is 0 Å². The molecule has 0 aliphatic rings. The second-order valence-electron chi connectivity index (χ2n) is 4.77. The molecule has 0 saturated carbocycles. The van der Waals surface area contributed by atoms with E-state index in [1.165, 1.54) is 4.90 Å². The fraction of sp³-hybridized carbons (Fsp3) is 0.222. The van der Waals surface area contributed by atoms with Crippen molar-refractivity contribution in [2.45, 2.75) is 13.8 Å². The Morgan fingerprint density at radius 1 is 1.00 bits per heavy atom. The summed E-state index contributed by atoms with van der Waals surface area (Å²) in [7, 11) is 0. The fourth-order valence-corrected chi connectivity index (χ4v) is 2.51. The minimum absolute atomic E-state index is 0.255. The number of nitrogens with zero attached hydrogens (tertiary/aromatic N) is 1. The Labute approximate surface area is 140 Å². The number of carbonyl (C=O) groups is 2. The summed E-state index contributed by atoms with van der Waals surface area (Å²) in [6.45, 7) is 4.27. The monoisotopic (exact) mass is 331 g/mol. The standard InChI is InChI=1S/C18H18ClNO3/c1-3-20(17(21)13-9-5-7-11-15(13)19)16-12-8-6-10-14(16)18(22)23-4-2/h5-12H,3-4H2,1-2H3. The predicted molar refractivity (Wildman–Crippen MR) is 91.2 cm³/mol. The van der Waals surface area contributed by atoms with Crippen LogP contribution in [0, 0.1) is 0 Å². The number of carbonyl (C=O) groups excluding carboxylic acids is 2. The van der Waals surface area contributed by atoms with E-state index in [4.69, 9.17) is 16.3 Å². The number of benzene rings is 2. The van der Waals surface area contributed by atoms with Crippen LogP contribution in [0.5, 0.6) is 0 Å². The molecule has 2 aromatic carbocycles. The molecule has 4 nitrogen and oxygen atoms in total. The van der Waals surface area contributed by atoms with E-state index in [0.29, 0.717) is 28.4 Å². The Morgan fingerprint density at radius 2 is 1.61 bits per heavy atom. The van der Waals surface area contributed by atoms with E-state index >= 15 is 0 Å². The zero-order valence-corrected chi connectivity index (χ0v) is 13.8. The highest BCUT2D eigenvalue weighted by molar-refractivity contribution is 6.34. The molecule has 0 aliphatic carbocycles. The van der Waals surface area contributed by atoms with Crippen LogP contribution in [0.4, 0.5) is 5.69 Å². The first-order valence-electron chi connectivity index (χ1n) is 7.42. The highest BCUT2D eigenvalue weighted by Gasteiger charge is 2.23. The second-order valence-corrected chi connectivity index (χ2v) is 5.17. The molecule has 2 aromatic rings. The topological polar surface area (TPSA) is 46.6 Å². The van der Waals surface area contributed by atoms with Crippen LogP contribution in [-0.4, -0.2) is 25.0 Å². The van der Waals surface area contributed by atoms with Gasteiger partial charge in [0.25, 0.3) is 5.91 Å². The molecule has 0 unspecified atom stereocenters. The summed E-state index contributed by atoms with van der Waals surface area (Å²) in [6, 6.07) is 13.7. The van der Waals surface area contributed by atoms with Crippen LogP contribution in [0.2, 0.25) is 5.02 Å². The quantitative estimate of drug-likeness (QED) is 0.772. The molecular formula is C18H18ClNO3. The summed E-state index contributed by atoms with van der Waals surface area (Å²) in [5.41, 5.74) is 1.27. The molecule has 0 heterocycles. The molecule has 2 rings (SSSR count). The Kier molecular flexibility index (Phi) is 5.77. The second kappa shape index (κ2) is 7.79. The lowest BCUT2D eigenvalue weighted by molar-refractivity contribution is 0.0527. The summed E-state index contributed by atoms with van der Waals surface area (Å²) in [5, 5.41) is 0.379. The van der Waals surface area contributed by atoms with E-state index in [9.17, 15) is 9.59 Å². The highest BCUT2D eigenvalue weighted by Crippen LogP contribution is 2.25. The lowest BCUT2D eigenvalue weighted by Gasteiger charge is -2.23. The molecule has 5 heteroatoms. The van der Waals surface area contributed by atoms with Gasteiger partial charge in [0.2, 0.25) is 0 Å². The Balaban J connectivity index is 2.44. The van der Waals surface area contributed by atoms with Crippen LogP contribution in [-0.2, 0) is 4.74 Å². The lowest BCUT2D eigenvalue weighted by atomic mass is 10.1. The maximum absolute atomic E-state index is 12.8. The van der Waals surface area contributed by atoms with Gasteiger partial charge in [0.05, 0.1) is 28.4 Å². The molecule has 0 bridgehead atoms. The number of hydrogen-bond acceptors (Lipinski definition) is 3. The fourth-order valence-electron chi connectivity index (χ4n) is 2.29. The normalized spacial score (nSPS) is 10.2. The Bertz CT molecular complexity index is 715. The summed E-state index contributed by atoms with van der Waals surface area (Å²) in [6.07, 6.45) is 0. The zero-order chi connectivity index (χ0) is 16.8. The van der Waals surface area contributed by atoms with Gasteiger partial charge in [0, 0.05) is 6.54 Å². The number of amides is 1. The molecule has 23 heavy (non-hydrogen) atoms. The number of anilines is 1. The van der Waals surface area contributed by atoms with Gasteiger partial charge >= 0.3 is 5.97 Å². The third kappa shape index (κ3) is 3.71. The smallest absolute Gasteiger partial charge is 0.340 e. The molecule has 120 valence electrons. The number of hydrogen-bond donors (Lipinski definition) is 0. The van der Waals surface area contributed by atoms with Crippen molar-refractivity contribution < 1.29 is 14.3 Å². The van der Waals surface area contributed by atoms with E-state index in [2.05, 4.69) is 0 Å². The third-order valence-corrected chi connectivity index (χ3v) is 3.69. The minimum atomic E-state index is -0.450. The van der Waals surface area contributed by atoms with Gasteiger partial charge in [0.15, 0.2) is 0 Å². The number of para-hydroxylation sites is 1. The van der Waals surface area contributed by atoms with Gasteiger partial charge in [-0.25, -0.2) is 4.79 Å². The molecule has 0 N–H and O–H groups in total. The first-order valence-corrected chi connectivity index (χ1v) is 7.80. The zero-order valence-electron chi connectivity index (χ0n) is 13.1. The SMILES string of the molecule is CCOC(=O)c1ccccc1N(CC)C(=O)c1ccccc1Cl. The number of rotatable bonds is 5. The molecule has 0 radical (unpaired) electrons. The van der Waals surface area contributed by atoms with Gasteiger partial charge in [-0.3, -0.25) is 4.79 Å². The third-order valence-electron chi connectivity index (χ3n) is 3.36. The summed E-state index contributed by atoms with van der Waals surface area (Å²) < 4.78 is 5.07. The van der Waals surface area contributed by atoms with Crippen molar-refractivity contribution in [3.05, 3.63) is 64.7 Å². The predicted octanol–water partition coefficient (Wildman–Crippen LogP) is 4.18. The highest BCUT2D eigenvalue weighted by atomic mass is 35.5. The van der Waals surface area contributed by atoms with Gasteiger partial charge in [-0.2, -0.15) is 0 Å². The van der Waals surface area contributed by atoms with Crippen LogP contribution in [0.1, 0.15) is 34.6 Å². The maximum atomic E-state index is 12.8. The Morgan fingerprint density at radius 3 is 2.22 bits per heavy atom. The first kappa shape index (κ1) is 17.0. The molecule has 1 amide bonds. The molecule has 0 saturated heterocycles. The van der Waals surface area contributed by atoms with Crippen molar-refractivity contribution in [3.8, 4) is 0 Å². The van der Waals surface area contributed by atoms with Gasteiger partial charge < -0.3 is 9.64 Å². The Hall–Kier alpha value is -2.33.